The van der Waals surface area contributed by atoms with E-state index in [-0.39, 0.29) is 67.1 Å². The highest BCUT2D eigenvalue weighted by atomic mass is 28.5. The van der Waals surface area contributed by atoms with Crippen molar-refractivity contribution in [2.24, 2.45) is 0 Å². The van der Waals surface area contributed by atoms with Gasteiger partial charge in [0.15, 0.2) is 29.3 Å². The van der Waals surface area contributed by atoms with Gasteiger partial charge in [-0.25, -0.2) is 19.7 Å². The molecule has 0 radical (unpaired) electrons. The smallest absolute Gasteiger partial charge is 0.410 e. The molecule has 0 unspecified atom stereocenters. The van der Waals surface area contributed by atoms with Gasteiger partial charge in [-0.2, -0.15) is 0 Å². The van der Waals surface area contributed by atoms with Crippen LogP contribution in [0.5, 0.6) is 0 Å². The standard InChI is InChI=1S/C49H64N6O10Si2/c1-31(2)66(32(3)4)61-27-40-43(64-67(65-66,33(5)6)34(7)8)44(48(62-40)55-29-52-41-45(50-28-51-46(41)55)53-47(56)35-17-11-10-12-18-35)60-30-59-26-25-58-24-23-54(9)49(57)63-42-38-21-15-13-19-36(38)37-20-14-16-22-39(37)42/h10-22,28-29,31-34,40,42-44,48H,23-27,30H2,1-9H3,(H,50,51,53,56)/t40-,43-,44-,48-/m1/s1. The van der Waals surface area contributed by atoms with E-state index >= 15 is 0 Å². The minimum atomic E-state index is -3.08. The van der Waals surface area contributed by atoms with Crippen LogP contribution in [0.1, 0.15) is 89.2 Å². The Morgan fingerprint density at radius 1 is 0.791 bits per heavy atom. The first-order valence-electron chi connectivity index (χ1n) is 23.3. The number of rotatable bonds is 17. The van der Waals surface area contributed by atoms with Gasteiger partial charge in [-0.15, -0.1) is 0 Å². The Labute approximate surface area is 395 Å². The van der Waals surface area contributed by atoms with Gasteiger partial charge in [0, 0.05) is 30.3 Å². The zero-order valence-electron chi connectivity index (χ0n) is 39.9. The molecule has 16 nitrogen and oxygen atoms in total. The quantitative estimate of drug-likeness (QED) is 0.0533. The number of ether oxygens (including phenoxy) is 5. The summed E-state index contributed by atoms with van der Waals surface area (Å²) in [4.78, 5) is 41.6. The molecule has 2 fully saturated rings. The molecule has 2 saturated heterocycles. The third-order valence-electron chi connectivity index (χ3n) is 13.1. The molecular weight excluding hydrogens is 889 g/mol. The lowest BCUT2D eigenvalue weighted by molar-refractivity contribution is -0.143. The summed E-state index contributed by atoms with van der Waals surface area (Å²) < 4.78 is 55.4. The van der Waals surface area contributed by atoms with Gasteiger partial charge in [0.1, 0.15) is 31.4 Å². The number of hydrogen-bond acceptors (Lipinski definition) is 13. The van der Waals surface area contributed by atoms with Crippen molar-refractivity contribution < 1.29 is 46.2 Å². The number of aromatic nitrogens is 4. The Morgan fingerprint density at radius 3 is 2.07 bits per heavy atom. The fourth-order valence-electron chi connectivity index (χ4n) is 9.55. The molecular formula is C49H64N6O10Si2. The molecule has 2 aromatic heterocycles. The van der Waals surface area contributed by atoms with Crippen molar-refractivity contribution in [2.75, 3.05) is 52.1 Å². The molecule has 1 N–H and O–H groups in total. The second-order valence-electron chi connectivity index (χ2n) is 18.6. The predicted molar refractivity (Wildman–Crippen MR) is 257 cm³/mol. The number of imidazole rings is 1. The fraction of sp³-hybridized carbons (Fsp3) is 0.490. The number of fused-ring (bicyclic) bond motifs is 5. The van der Waals surface area contributed by atoms with Crippen LogP contribution in [-0.4, -0.2) is 119 Å². The van der Waals surface area contributed by atoms with Crippen molar-refractivity contribution in [3.8, 4) is 11.1 Å². The molecule has 18 heteroatoms. The van der Waals surface area contributed by atoms with Gasteiger partial charge in [0.2, 0.25) is 0 Å². The molecule has 4 atom stereocenters. The zero-order valence-corrected chi connectivity index (χ0v) is 41.9. The van der Waals surface area contributed by atoms with Crippen LogP contribution in [0.15, 0.2) is 91.5 Å². The summed E-state index contributed by atoms with van der Waals surface area (Å²) in [6, 6.07) is 24.9. The average molecular weight is 953 g/mol. The van der Waals surface area contributed by atoms with E-state index in [4.69, 9.17) is 36.7 Å². The molecule has 8 rings (SSSR count). The molecule has 358 valence electrons. The van der Waals surface area contributed by atoms with Crippen LogP contribution in [0.3, 0.4) is 0 Å². The average Bonchev–Trinajstić information content (AvgIpc) is 3.99. The molecule has 67 heavy (non-hydrogen) atoms. The van der Waals surface area contributed by atoms with E-state index in [1.54, 1.807) is 42.2 Å². The summed E-state index contributed by atoms with van der Waals surface area (Å²) in [5.41, 5.74) is 5.86. The summed E-state index contributed by atoms with van der Waals surface area (Å²) in [5.74, 6) is -0.0586. The van der Waals surface area contributed by atoms with Crippen LogP contribution in [0.4, 0.5) is 10.6 Å². The highest BCUT2D eigenvalue weighted by Gasteiger charge is 2.62. The van der Waals surface area contributed by atoms with Crippen molar-refractivity contribution in [3.05, 3.63) is 108 Å². The minimum Gasteiger partial charge on any atom is -0.436 e. The molecule has 5 aromatic rings. The maximum Gasteiger partial charge on any atom is 0.410 e. The van der Waals surface area contributed by atoms with Gasteiger partial charge in [-0.3, -0.25) is 9.36 Å². The first-order chi connectivity index (χ1) is 32.3. The monoisotopic (exact) mass is 952 g/mol. The summed E-state index contributed by atoms with van der Waals surface area (Å²) in [6.07, 6.45) is -0.531. The molecule has 3 aliphatic rings. The zero-order chi connectivity index (χ0) is 47.5. The van der Waals surface area contributed by atoms with Crippen LogP contribution in [0.2, 0.25) is 22.2 Å². The SMILES string of the molecule is CC(C)[Si]1(C(C)C)OC[C@H]2O[C@@H](n3cnc4c(NC(=O)c5ccccc5)ncnc43)[C@H](OCOCCOCCN(C)C(=O)OC3c4ccccc4-c4ccccc43)[C@@H]2O[Si](C(C)C)(C(C)C)O1. The van der Waals surface area contributed by atoms with E-state index in [9.17, 15) is 9.59 Å². The van der Waals surface area contributed by atoms with Crippen LogP contribution >= 0.6 is 0 Å². The predicted octanol–water partition coefficient (Wildman–Crippen LogP) is 9.15. The third kappa shape index (κ3) is 9.73. The summed E-state index contributed by atoms with van der Waals surface area (Å²) in [5, 5.41) is 2.90. The molecule has 3 aromatic carbocycles. The second-order valence-corrected chi connectivity index (χ2v) is 27.5. The van der Waals surface area contributed by atoms with Crippen molar-refractivity contribution in [1.29, 1.82) is 0 Å². The Bertz CT molecular complexity index is 2430. The molecule has 0 saturated carbocycles. The first-order valence-corrected chi connectivity index (χ1v) is 27.3. The van der Waals surface area contributed by atoms with Gasteiger partial charge >= 0.3 is 23.2 Å². The Hall–Kier alpha value is -4.90. The van der Waals surface area contributed by atoms with Gasteiger partial charge in [0.05, 0.1) is 32.8 Å². The third-order valence-corrected chi connectivity index (χ3v) is 23.4. The minimum absolute atomic E-state index is 0.0713. The Balaban J connectivity index is 0.948. The van der Waals surface area contributed by atoms with Crippen molar-refractivity contribution in [2.45, 2.75) is 108 Å². The number of hydrogen-bond donors (Lipinski definition) is 1. The maximum absolute atomic E-state index is 13.2. The molecule has 2 amide bonds. The number of nitrogens with one attached hydrogen (secondary N) is 1. The van der Waals surface area contributed by atoms with E-state index in [2.05, 4.69) is 87.8 Å². The maximum atomic E-state index is 13.2. The fourth-order valence-corrected chi connectivity index (χ4v) is 20.8. The number of nitrogens with zero attached hydrogens (tertiary/aromatic N) is 5. The first kappa shape index (κ1) is 48.6. The lowest BCUT2D eigenvalue weighted by atomic mass is 10.1. The van der Waals surface area contributed by atoms with E-state index in [1.807, 2.05) is 42.5 Å². The number of amides is 2. The second kappa shape index (κ2) is 20.8. The number of anilines is 1. The largest absolute Gasteiger partial charge is 0.436 e. The number of likely N-dealkylation sites (N-methyl/N-ethyl adjacent to an activating group) is 1. The topological polar surface area (TPSA) is 167 Å². The summed E-state index contributed by atoms with van der Waals surface area (Å²) >= 11 is 0. The molecule has 0 bridgehead atoms. The normalized spacial score (nSPS) is 21.0. The van der Waals surface area contributed by atoms with Crippen LogP contribution < -0.4 is 5.32 Å². The van der Waals surface area contributed by atoms with Crippen LogP contribution in [0, 0.1) is 0 Å². The molecule has 2 aliphatic heterocycles. The number of benzene rings is 3. The molecule has 0 spiro atoms. The van der Waals surface area contributed by atoms with Crippen LogP contribution in [0.25, 0.3) is 22.3 Å². The van der Waals surface area contributed by atoms with E-state index < -0.39 is 53.9 Å². The molecule has 1 aliphatic carbocycles. The van der Waals surface area contributed by atoms with Gasteiger partial charge in [0.25, 0.3) is 5.91 Å². The van der Waals surface area contributed by atoms with Gasteiger partial charge < -0.3 is 46.9 Å². The highest BCUT2D eigenvalue weighted by molar-refractivity contribution is 6.84. The lowest BCUT2D eigenvalue weighted by Gasteiger charge is -2.51. The van der Waals surface area contributed by atoms with E-state index in [1.165, 1.54) is 11.2 Å². The summed E-state index contributed by atoms with van der Waals surface area (Å²) in [7, 11) is -4.26. The lowest BCUT2D eigenvalue weighted by Crippen LogP contribution is -2.66. The van der Waals surface area contributed by atoms with Crippen LogP contribution in [-0.2, 0) is 36.7 Å². The highest BCUT2D eigenvalue weighted by Crippen LogP contribution is 2.49. The van der Waals surface area contributed by atoms with Crippen molar-refractivity contribution in [3.63, 3.8) is 0 Å². The Morgan fingerprint density at radius 2 is 1.42 bits per heavy atom. The van der Waals surface area contributed by atoms with Gasteiger partial charge in [-0.05, 0) is 45.4 Å². The van der Waals surface area contributed by atoms with E-state index in [0.29, 0.717) is 23.3 Å². The van der Waals surface area contributed by atoms with Crippen molar-refractivity contribution >= 4 is 46.1 Å². The van der Waals surface area contributed by atoms with Gasteiger partial charge in [-0.1, -0.05) is 122 Å². The molecule has 4 heterocycles. The van der Waals surface area contributed by atoms with E-state index in [0.717, 1.165) is 22.3 Å². The van der Waals surface area contributed by atoms with Crippen molar-refractivity contribution in [1.82, 2.24) is 24.4 Å². The number of carbonyl (C=O) groups excluding carboxylic acids is 2. The summed E-state index contributed by atoms with van der Waals surface area (Å²) in [6.45, 7) is 18.7. The Kier molecular flexibility index (Phi) is 15.0. The number of carbonyl (C=O) groups is 2.